The van der Waals surface area contributed by atoms with Crippen LogP contribution >= 0.6 is 0 Å². The van der Waals surface area contributed by atoms with Crippen LogP contribution in [0.5, 0.6) is 0 Å². The SMILES string of the molecule is C[C@@H](CC(C)(C)c1ccccc1)NC(=O)c1cc(N)n[nH]1. The van der Waals surface area contributed by atoms with Crippen molar-refractivity contribution in [2.24, 2.45) is 0 Å². The predicted octanol–water partition coefficient (Wildman–Crippen LogP) is 2.48. The van der Waals surface area contributed by atoms with Crippen molar-refractivity contribution in [2.75, 3.05) is 5.73 Å². The Kier molecular flexibility index (Phi) is 4.31. The van der Waals surface area contributed by atoms with Crippen molar-refractivity contribution >= 4 is 11.7 Å². The van der Waals surface area contributed by atoms with Crippen molar-refractivity contribution in [3.63, 3.8) is 0 Å². The smallest absolute Gasteiger partial charge is 0.269 e. The first-order valence-electron chi connectivity index (χ1n) is 7.06. The molecule has 1 aromatic heterocycles. The van der Waals surface area contributed by atoms with Gasteiger partial charge in [-0.25, -0.2) is 0 Å². The van der Waals surface area contributed by atoms with Gasteiger partial charge in [0.2, 0.25) is 0 Å². The summed E-state index contributed by atoms with van der Waals surface area (Å²) in [6, 6.07) is 11.9. The molecule has 0 saturated carbocycles. The normalized spacial score (nSPS) is 12.9. The number of benzene rings is 1. The van der Waals surface area contributed by atoms with E-state index in [1.165, 1.54) is 11.6 Å². The fraction of sp³-hybridized carbons (Fsp3) is 0.375. The zero-order chi connectivity index (χ0) is 15.5. The Bertz CT molecular complexity index is 604. The number of nitrogen functional groups attached to an aromatic ring is 1. The second-order valence-electron chi connectivity index (χ2n) is 6.04. The highest BCUT2D eigenvalue weighted by molar-refractivity contribution is 5.93. The number of nitrogens with two attached hydrogens (primary N) is 1. The van der Waals surface area contributed by atoms with Crippen LogP contribution < -0.4 is 11.1 Å². The minimum Gasteiger partial charge on any atom is -0.382 e. The molecule has 21 heavy (non-hydrogen) atoms. The van der Waals surface area contributed by atoms with Crippen LogP contribution in [0.25, 0.3) is 0 Å². The monoisotopic (exact) mass is 286 g/mol. The van der Waals surface area contributed by atoms with Gasteiger partial charge in [-0.2, -0.15) is 5.10 Å². The number of nitrogens with one attached hydrogen (secondary N) is 2. The maximum atomic E-state index is 12.1. The number of carbonyl (C=O) groups excluding carboxylic acids is 1. The lowest BCUT2D eigenvalue weighted by Gasteiger charge is -2.29. The fourth-order valence-corrected chi connectivity index (χ4v) is 2.58. The number of nitrogens with zero attached hydrogens (tertiary/aromatic N) is 1. The number of aromatic amines is 1. The summed E-state index contributed by atoms with van der Waals surface area (Å²) in [6.07, 6.45) is 0.840. The molecule has 0 aliphatic heterocycles. The van der Waals surface area contributed by atoms with E-state index in [9.17, 15) is 4.79 Å². The molecule has 0 aliphatic carbocycles. The van der Waals surface area contributed by atoms with E-state index in [4.69, 9.17) is 5.73 Å². The van der Waals surface area contributed by atoms with Gasteiger partial charge in [0.25, 0.3) is 5.91 Å². The summed E-state index contributed by atoms with van der Waals surface area (Å²) in [5.41, 5.74) is 7.14. The average molecular weight is 286 g/mol. The Hall–Kier alpha value is -2.30. The largest absolute Gasteiger partial charge is 0.382 e. The molecule has 5 nitrogen and oxygen atoms in total. The summed E-state index contributed by atoms with van der Waals surface area (Å²) in [6.45, 7) is 6.36. The zero-order valence-electron chi connectivity index (χ0n) is 12.7. The number of aromatic nitrogens is 2. The second kappa shape index (κ2) is 5.99. The van der Waals surface area contributed by atoms with Gasteiger partial charge in [-0.1, -0.05) is 44.2 Å². The van der Waals surface area contributed by atoms with E-state index < -0.39 is 0 Å². The molecule has 0 radical (unpaired) electrons. The molecule has 0 saturated heterocycles. The molecule has 0 bridgehead atoms. The number of H-pyrrole nitrogens is 1. The lowest BCUT2D eigenvalue weighted by atomic mass is 9.79. The number of hydrogen-bond donors (Lipinski definition) is 3. The van der Waals surface area contributed by atoms with Crippen molar-refractivity contribution in [3.8, 4) is 0 Å². The third-order valence-electron chi connectivity index (χ3n) is 3.59. The molecule has 112 valence electrons. The molecule has 4 N–H and O–H groups in total. The van der Waals surface area contributed by atoms with Crippen molar-refractivity contribution in [2.45, 2.75) is 38.6 Å². The lowest BCUT2D eigenvalue weighted by molar-refractivity contribution is 0.0929. The number of amides is 1. The average Bonchev–Trinajstić information content (AvgIpc) is 2.86. The highest BCUT2D eigenvalue weighted by atomic mass is 16.2. The third kappa shape index (κ3) is 3.84. The first kappa shape index (κ1) is 15.1. The van der Waals surface area contributed by atoms with Gasteiger partial charge in [0, 0.05) is 12.1 Å². The molecule has 1 amide bonds. The third-order valence-corrected chi connectivity index (χ3v) is 3.59. The van der Waals surface area contributed by atoms with Crippen molar-refractivity contribution in [1.29, 1.82) is 0 Å². The Labute approximate surface area is 124 Å². The lowest BCUT2D eigenvalue weighted by Crippen LogP contribution is -2.37. The molecule has 0 aliphatic rings. The van der Waals surface area contributed by atoms with Crippen LogP contribution in [0.15, 0.2) is 36.4 Å². The molecule has 1 heterocycles. The van der Waals surface area contributed by atoms with Gasteiger partial charge in [0.1, 0.15) is 11.5 Å². The van der Waals surface area contributed by atoms with Crippen LogP contribution in [0.3, 0.4) is 0 Å². The summed E-state index contributed by atoms with van der Waals surface area (Å²) in [7, 11) is 0. The van der Waals surface area contributed by atoms with Crippen molar-refractivity contribution < 1.29 is 4.79 Å². The minimum absolute atomic E-state index is 0.0129. The molecular weight excluding hydrogens is 264 g/mol. The van der Waals surface area contributed by atoms with Gasteiger partial charge >= 0.3 is 0 Å². The van der Waals surface area contributed by atoms with Gasteiger partial charge in [0.15, 0.2) is 0 Å². The highest BCUT2D eigenvalue weighted by Gasteiger charge is 2.24. The minimum atomic E-state index is -0.185. The first-order chi connectivity index (χ1) is 9.88. The van der Waals surface area contributed by atoms with Gasteiger partial charge < -0.3 is 11.1 Å². The highest BCUT2D eigenvalue weighted by Crippen LogP contribution is 2.28. The summed E-state index contributed by atoms with van der Waals surface area (Å²) < 4.78 is 0. The van der Waals surface area contributed by atoms with Crippen LogP contribution in [-0.4, -0.2) is 22.1 Å². The standard InChI is InChI=1S/C16H22N4O/c1-11(18-15(21)13-9-14(17)20-19-13)10-16(2,3)12-7-5-4-6-8-12/h4-9,11H,10H2,1-3H3,(H,18,21)(H3,17,19,20)/t11-/m0/s1. The molecule has 2 rings (SSSR count). The molecule has 5 heteroatoms. The van der Waals surface area contributed by atoms with E-state index in [0.29, 0.717) is 11.5 Å². The molecule has 2 aromatic rings. The van der Waals surface area contributed by atoms with Crippen LogP contribution in [0.4, 0.5) is 5.82 Å². The van der Waals surface area contributed by atoms with E-state index in [0.717, 1.165) is 6.42 Å². The Balaban J connectivity index is 1.98. The van der Waals surface area contributed by atoms with Gasteiger partial charge in [0.05, 0.1) is 0 Å². The number of rotatable bonds is 5. The van der Waals surface area contributed by atoms with Gasteiger partial charge in [-0.3, -0.25) is 9.89 Å². The topological polar surface area (TPSA) is 83.8 Å². The Morgan fingerprint density at radius 2 is 2.05 bits per heavy atom. The Morgan fingerprint density at radius 1 is 1.38 bits per heavy atom. The molecule has 0 fully saturated rings. The fourth-order valence-electron chi connectivity index (χ4n) is 2.58. The van der Waals surface area contributed by atoms with E-state index in [-0.39, 0.29) is 17.4 Å². The van der Waals surface area contributed by atoms with Gasteiger partial charge in [-0.15, -0.1) is 0 Å². The van der Waals surface area contributed by atoms with E-state index in [1.54, 1.807) is 0 Å². The zero-order valence-corrected chi connectivity index (χ0v) is 12.7. The van der Waals surface area contributed by atoms with E-state index in [2.05, 4.69) is 41.5 Å². The van der Waals surface area contributed by atoms with Crippen LogP contribution in [0, 0.1) is 0 Å². The van der Waals surface area contributed by atoms with Crippen LogP contribution in [0.1, 0.15) is 43.2 Å². The molecule has 1 aromatic carbocycles. The van der Waals surface area contributed by atoms with Crippen LogP contribution in [-0.2, 0) is 5.41 Å². The number of hydrogen-bond acceptors (Lipinski definition) is 3. The Morgan fingerprint density at radius 3 is 2.62 bits per heavy atom. The molecule has 1 atom stereocenters. The summed E-state index contributed by atoms with van der Waals surface area (Å²) in [5, 5.41) is 9.35. The van der Waals surface area contributed by atoms with Crippen molar-refractivity contribution in [3.05, 3.63) is 47.7 Å². The summed E-state index contributed by atoms with van der Waals surface area (Å²) in [4.78, 5) is 12.1. The molecule has 0 spiro atoms. The first-order valence-corrected chi connectivity index (χ1v) is 7.06. The maximum Gasteiger partial charge on any atom is 0.269 e. The van der Waals surface area contributed by atoms with Gasteiger partial charge in [-0.05, 0) is 24.3 Å². The summed E-state index contributed by atoms with van der Waals surface area (Å²) in [5.74, 6) is 0.132. The quantitative estimate of drug-likeness (QED) is 0.789. The predicted molar refractivity (Wildman–Crippen MR) is 84.0 cm³/mol. The van der Waals surface area contributed by atoms with Crippen molar-refractivity contribution in [1.82, 2.24) is 15.5 Å². The maximum absolute atomic E-state index is 12.1. The van der Waals surface area contributed by atoms with Crippen LogP contribution in [0.2, 0.25) is 0 Å². The molecular formula is C16H22N4O. The summed E-state index contributed by atoms with van der Waals surface area (Å²) >= 11 is 0. The number of carbonyl (C=O) groups is 1. The van der Waals surface area contributed by atoms with E-state index >= 15 is 0 Å². The van der Waals surface area contributed by atoms with E-state index in [1.807, 2.05) is 25.1 Å². The second-order valence-corrected chi connectivity index (χ2v) is 6.04. The number of anilines is 1. The molecule has 0 unspecified atom stereocenters.